The average molecular weight is 263 g/mol. The fourth-order valence-corrected chi connectivity index (χ4v) is 2.92. The summed E-state index contributed by atoms with van der Waals surface area (Å²) in [4.78, 5) is 0. The highest BCUT2D eigenvalue weighted by Crippen LogP contribution is 2.23. The second kappa shape index (κ2) is 5.67. The van der Waals surface area contributed by atoms with E-state index in [0.29, 0.717) is 12.6 Å². The molecule has 5 heteroatoms. The number of hydrogen-bond donors (Lipinski definition) is 1. The van der Waals surface area contributed by atoms with Crippen LogP contribution in [-0.2, 0) is 14.6 Å². The van der Waals surface area contributed by atoms with Crippen molar-refractivity contribution < 1.29 is 13.2 Å². The molecule has 1 heterocycles. The van der Waals surface area contributed by atoms with Crippen LogP contribution in [0.4, 0.5) is 0 Å². The lowest BCUT2D eigenvalue weighted by Gasteiger charge is -2.36. The summed E-state index contributed by atoms with van der Waals surface area (Å²) in [5.74, 6) is 0.225. The minimum atomic E-state index is -2.92. The molecule has 1 saturated heterocycles. The monoisotopic (exact) mass is 263 g/mol. The van der Waals surface area contributed by atoms with Crippen LogP contribution >= 0.6 is 0 Å². The van der Waals surface area contributed by atoms with E-state index in [1.807, 2.05) is 0 Å². The van der Waals surface area contributed by atoms with Gasteiger partial charge in [-0.1, -0.05) is 0 Å². The van der Waals surface area contributed by atoms with Crippen LogP contribution in [0.1, 0.15) is 40.5 Å². The lowest BCUT2D eigenvalue weighted by atomic mass is 9.94. The standard InChI is InChI=1S/C12H25NO3S/c1-10(2)17(14,15)8-6-13-11-5-7-16-12(3,4)9-11/h10-11,13H,5-9H2,1-4H3. The van der Waals surface area contributed by atoms with E-state index in [4.69, 9.17) is 4.74 Å². The van der Waals surface area contributed by atoms with Crippen LogP contribution in [0, 0.1) is 0 Å². The Morgan fingerprint density at radius 3 is 2.59 bits per heavy atom. The first-order valence-corrected chi connectivity index (χ1v) is 8.03. The van der Waals surface area contributed by atoms with Gasteiger partial charge in [0.2, 0.25) is 0 Å². The van der Waals surface area contributed by atoms with Gasteiger partial charge in [-0.15, -0.1) is 0 Å². The molecule has 0 aliphatic carbocycles. The molecule has 1 aliphatic heterocycles. The maximum atomic E-state index is 11.6. The van der Waals surface area contributed by atoms with Crippen molar-refractivity contribution in [2.75, 3.05) is 18.9 Å². The molecule has 1 N–H and O–H groups in total. The molecule has 1 unspecified atom stereocenters. The van der Waals surface area contributed by atoms with Crippen LogP contribution in [0.15, 0.2) is 0 Å². The van der Waals surface area contributed by atoms with E-state index in [1.54, 1.807) is 13.8 Å². The van der Waals surface area contributed by atoms with Crippen molar-refractivity contribution in [3.8, 4) is 0 Å². The number of sulfone groups is 1. The highest BCUT2D eigenvalue weighted by Gasteiger charge is 2.28. The molecule has 0 bridgehead atoms. The van der Waals surface area contributed by atoms with Crippen LogP contribution < -0.4 is 5.32 Å². The molecule has 0 radical (unpaired) electrons. The molecule has 1 aliphatic rings. The highest BCUT2D eigenvalue weighted by atomic mass is 32.2. The Labute approximate surface area is 105 Å². The summed E-state index contributed by atoms with van der Waals surface area (Å²) in [6.45, 7) is 8.90. The summed E-state index contributed by atoms with van der Waals surface area (Å²) in [6.07, 6.45) is 1.90. The van der Waals surface area contributed by atoms with E-state index >= 15 is 0 Å². The van der Waals surface area contributed by atoms with Crippen molar-refractivity contribution in [2.45, 2.75) is 57.4 Å². The van der Waals surface area contributed by atoms with Gasteiger partial charge in [0.05, 0.1) is 16.6 Å². The lowest BCUT2D eigenvalue weighted by molar-refractivity contribution is -0.0625. The third-order valence-electron chi connectivity index (χ3n) is 3.23. The maximum absolute atomic E-state index is 11.6. The van der Waals surface area contributed by atoms with Crippen molar-refractivity contribution in [2.24, 2.45) is 0 Å². The highest BCUT2D eigenvalue weighted by molar-refractivity contribution is 7.92. The van der Waals surface area contributed by atoms with Crippen molar-refractivity contribution in [1.82, 2.24) is 5.32 Å². The molecule has 0 aromatic carbocycles. The number of ether oxygens (including phenoxy) is 1. The van der Waals surface area contributed by atoms with Crippen LogP contribution in [0.25, 0.3) is 0 Å². The summed E-state index contributed by atoms with van der Waals surface area (Å²) in [5.41, 5.74) is -0.0904. The van der Waals surface area contributed by atoms with Gasteiger partial charge in [0.15, 0.2) is 9.84 Å². The number of nitrogens with one attached hydrogen (secondary N) is 1. The van der Waals surface area contributed by atoms with E-state index < -0.39 is 9.84 Å². The Morgan fingerprint density at radius 2 is 2.06 bits per heavy atom. The van der Waals surface area contributed by atoms with Crippen LogP contribution in [0.3, 0.4) is 0 Å². The first kappa shape index (κ1) is 14.9. The number of hydrogen-bond acceptors (Lipinski definition) is 4. The van der Waals surface area contributed by atoms with Crippen molar-refractivity contribution in [3.05, 3.63) is 0 Å². The van der Waals surface area contributed by atoms with Gasteiger partial charge < -0.3 is 10.1 Å². The maximum Gasteiger partial charge on any atom is 0.153 e. The molecule has 0 amide bonds. The molecule has 1 atom stereocenters. The molecule has 0 aromatic heterocycles. The Bertz CT molecular complexity index is 336. The Balaban J connectivity index is 2.32. The zero-order chi connectivity index (χ0) is 13.1. The minimum absolute atomic E-state index is 0.0904. The molecule has 4 nitrogen and oxygen atoms in total. The first-order chi connectivity index (χ1) is 7.73. The molecular formula is C12H25NO3S. The lowest BCUT2D eigenvalue weighted by Crippen LogP contribution is -2.45. The summed E-state index contributed by atoms with van der Waals surface area (Å²) >= 11 is 0. The molecule has 1 fully saturated rings. The smallest absolute Gasteiger partial charge is 0.153 e. The molecule has 0 saturated carbocycles. The number of rotatable bonds is 5. The van der Waals surface area contributed by atoms with Gasteiger partial charge >= 0.3 is 0 Å². The largest absolute Gasteiger partial charge is 0.375 e. The fourth-order valence-electron chi connectivity index (χ4n) is 2.05. The van der Waals surface area contributed by atoms with Gasteiger partial charge in [-0.2, -0.15) is 0 Å². The fraction of sp³-hybridized carbons (Fsp3) is 1.00. The van der Waals surface area contributed by atoms with E-state index in [2.05, 4.69) is 19.2 Å². The molecule has 0 aromatic rings. The van der Waals surface area contributed by atoms with Gasteiger partial charge in [-0.3, -0.25) is 0 Å². The van der Waals surface area contributed by atoms with E-state index in [-0.39, 0.29) is 16.6 Å². The van der Waals surface area contributed by atoms with E-state index in [9.17, 15) is 8.42 Å². The predicted octanol–water partition coefficient (Wildman–Crippen LogP) is 1.36. The Hall–Kier alpha value is -0.130. The SMILES string of the molecule is CC(C)S(=O)(=O)CCNC1CCOC(C)(C)C1. The Kier molecular flexibility index (Phi) is 4.98. The summed E-state index contributed by atoms with van der Waals surface area (Å²) in [7, 11) is -2.92. The van der Waals surface area contributed by atoms with Gasteiger partial charge in [0, 0.05) is 19.2 Å². The molecule has 0 spiro atoms. The molecule has 17 heavy (non-hydrogen) atoms. The quantitative estimate of drug-likeness (QED) is 0.813. The Morgan fingerprint density at radius 1 is 1.41 bits per heavy atom. The molecule has 102 valence electrons. The van der Waals surface area contributed by atoms with E-state index in [0.717, 1.165) is 19.4 Å². The molecular weight excluding hydrogens is 238 g/mol. The van der Waals surface area contributed by atoms with Crippen LogP contribution in [0.2, 0.25) is 0 Å². The van der Waals surface area contributed by atoms with Crippen molar-refractivity contribution >= 4 is 9.84 Å². The van der Waals surface area contributed by atoms with Crippen LogP contribution in [-0.4, -0.2) is 44.2 Å². The normalized spacial score (nSPS) is 25.1. The van der Waals surface area contributed by atoms with Gasteiger partial charge in [-0.25, -0.2) is 8.42 Å². The zero-order valence-electron chi connectivity index (χ0n) is 11.3. The average Bonchev–Trinajstić information content (AvgIpc) is 2.15. The molecule has 1 rings (SSSR count). The van der Waals surface area contributed by atoms with Gasteiger partial charge in [-0.05, 0) is 40.5 Å². The summed E-state index contributed by atoms with van der Waals surface area (Å²) in [6, 6.07) is 0.376. The van der Waals surface area contributed by atoms with Crippen LogP contribution in [0.5, 0.6) is 0 Å². The van der Waals surface area contributed by atoms with Gasteiger partial charge in [0.1, 0.15) is 0 Å². The third-order valence-corrected chi connectivity index (χ3v) is 5.44. The summed E-state index contributed by atoms with van der Waals surface area (Å²) in [5, 5.41) is 3.05. The topological polar surface area (TPSA) is 55.4 Å². The predicted molar refractivity (Wildman–Crippen MR) is 70.0 cm³/mol. The summed E-state index contributed by atoms with van der Waals surface area (Å²) < 4.78 is 28.9. The van der Waals surface area contributed by atoms with Crippen molar-refractivity contribution in [3.63, 3.8) is 0 Å². The first-order valence-electron chi connectivity index (χ1n) is 6.32. The van der Waals surface area contributed by atoms with Gasteiger partial charge in [0.25, 0.3) is 0 Å². The second-order valence-corrected chi connectivity index (χ2v) is 8.34. The van der Waals surface area contributed by atoms with Crippen molar-refractivity contribution in [1.29, 1.82) is 0 Å². The third kappa shape index (κ3) is 4.94. The second-order valence-electron chi connectivity index (χ2n) is 5.67. The minimum Gasteiger partial charge on any atom is -0.375 e. The zero-order valence-corrected chi connectivity index (χ0v) is 12.1. The van der Waals surface area contributed by atoms with E-state index in [1.165, 1.54) is 0 Å².